The van der Waals surface area contributed by atoms with E-state index < -0.39 is 5.97 Å². The number of ether oxygens (including phenoxy) is 1. The molecule has 0 aliphatic rings. The molecule has 0 aliphatic carbocycles. The average Bonchev–Trinajstić information content (AvgIpc) is 2.42. The molecule has 2 rings (SSSR count). The summed E-state index contributed by atoms with van der Waals surface area (Å²) in [5, 5.41) is 24.7. The number of rotatable bonds is 5. The van der Waals surface area contributed by atoms with Gasteiger partial charge in [0.1, 0.15) is 5.75 Å². The van der Waals surface area contributed by atoms with E-state index >= 15 is 0 Å². The van der Waals surface area contributed by atoms with E-state index in [-0.39, 0.29) is 18.2 Å². The topological polar surface area (TPSA) is 92.5 Å². The zero-order chi connectivity index (χ0) is 13.7. The van der Waals surface area contributed by atoms with Crippen LogP contribution in [0.5, 0.6) is 11.6 Å². The lowest BCUT2D eigenvalue weighted by Gasteiger charge is -2.05. The molecular formula is C13H12N2O4. The minimum atomic E-state index is -1.13. The highest BCUT2D eigenvalue weighted by Gasteiger charge is 2.06. The minimum absolute atomic E-state index is 0.0995. The van der Waals surface area contributed by atoms with Gasteiger partial charge in [-0.15, -0.1) is 10.2 Å². The number of carboxylic acid groups (broad SMARTS) is 1. The molecule has 0 spiro atoms. The third-order valence-electron chi connectivity index (χ3n) is 2.41. The number of aromatic nitrogens is 2. The van der Waals surface area contributed by atoms with Gasteiger partial charge in [-0.3, -0.25) is 0 Å². The quantitative estimate of drug-likeness (QED) is 0.846. The molecule has 0 radical (unpaired) electrons. The molecule has 1 heterocycles. The molecule has 0 saturated carbocycles. The van der Waals surface area contributed by atoms with Crippen LogP contribution in [-0.4, -0.2) is 33.0 Å². The normalized spacial score (nSPS) is 10.2. The Morgan fingerprint density at radius 1 is 1.11 bits per heavy atom. The van der Waals surface area contributed by atoms with Gasteiger partial charge in [0.25, 0.3) is 0 Å². The molecule has 2 N–H and O–H groups in total. The van der Waals surface area contributed by atoms with E-state index in [4.69, 9.17) is 14.9 Å². The molecule has 0 unspecified atom stereocenters. The Morgan fingerprint density at radius 3 is 2.37 bits per heavy atom. The molecule has 98 valence electrons. The Labute approximate surface area is 109 Å². The third-order valence-corrected chi connectivity index (χ3v) is 2.41. The fourth-order valence-corrected chi connectivity index (χ4v) is 1.46. The van der Waals surface area contributed by atoms with E-state index in [1.807, 2.05) is 12.1 Å². The van der Waals surface area contributed by atoms with Crippen molar-refractivity contribution in [2.24, 2.45) is 0 Å². The summed E-state index contributed by atoms with van der Waals surface area (Å²) in [4.78, 5) is 10.6. The summed E-state index contributed by atoms with van der Waals surface area (Å²) in [5.41, 5.74) is 0.868. The summed E-state index contributed by atoms with van der Waals surface area (Å²) < 4.78 is 5.42. The van der Waals surface area contributed by atoms with Crippen molar-refractivity contribution in [3.05, 3.63) is 47.7 Å². The van der Waals surface area contributed by atoms with E-state index in [0.717, 1.165) is 5.56 Å². The van der Waals surface area contributed by atoms with Crippen LogP contribution in [0.25, 0.3) is 0 Å². The monoisotopic (exact) mass is 260 g/mol. The lowest BCUT2D eigenvalue weighted by molar-refractivity contribution is 0.0689. The summed E-state index contributed by atoms with van der Waals surface area (Å²) in [5.74, 6) is -0.341. The largest absolute Gasteiger partial charge is 0.476 e. The van der Waals surface area contributed by atoms with Gasteiger partial charge in [-0.1, -0.05) is 12.1 Å². The maximum atomic E-state index is 10.6. The van der Waals surface area contributed by atoms with E-state index in [1.165, 1.54) is 12.1 Å². The zero-order valence-electron chi connectivity index (χ0n) is 9.98. The van der Waals surface area contributed by atoms with Gasteiger partial charge < -0.3 is 14.9 Å². The highest BCUT2D eigenvalue weighted by atomic mass is 16.5. The van der Waals surface area contributed by atoms with Crippen LogP contribution >= 0.6 is 0 Å². The lowest BCUT2D eigenvalue weighted by atomic mass is 10.1. The van der Waals surface area contributed by atoms with Gasteiger partial charge in [0, 0.05) is 12.7 Å². The second-order valence-electron chi connectivity index (χ2n) is 3.78. The second-order valence-corrected chi connectivity index (χ2v) is 3.78. The maximum absolute atomic E-state index is 10.6. The standard InChI is InChI=1S/C13H12N2O4/c16-8-7-9-1-3-10(4-2-9)19-12-6-5-11(13(17)18)14-15-12/h1-6,16H,7-8H2,(H,17,18). The number of carbonyl (C=O) groups is 1. The van der Waals surface area contributed by atoms with E-state index in [0.29, 0.717) is 12.2 Å². The highest BCUT2D eigenvalue weighted by Crippen LogP contribution is 2.19. The molecule has 0 fully saturated rings. The molecule has 2 aromatic rings. The van der Waals surface area contributed by atoms with Gasteiger partial charge in [-0.2, -0.15) is 0 Å². The number of aliphatic hydroxyl groups is 1. The van der Waals surface area contributed by atoms with Crippen molar-refractivity contribution in [1.82, 2.24) is 10.2 Å². The highest BCUT2D eigenvalue weighted by molar-refractivity contribution is 5.84. The fraction of sp³-hybridized carbons (Fsp3) is 0.154. The van der Waals surface area contributed by atoms with Crippen LogP contribution in [0.3, 0.4) is 0 Å². The van der Waals surface area contributed by atoms with Crippen molar-refractivity contribution in [3.8, 4) is 11.6 Å². The van der Waals surface area contributed by atoms with Crippen LogP contribution in [-0.2, 0) is 6.42 Å². The molecule has 1 aromatic heterocycles. The molecular weight excluding hydrogens is 248 g/mol. The first-order valence-electron chi connectivity index (χ1n) is 5.64. The molecule has 0 bridgehead atoms. The molecule has 0 saturated heterocycles. The maximum Gasteiger partial charge on any atom is 0.356 e. The number of hydrogen-bond acceptors (Lipinski definition) is 5. The number of aliphatic hydroxyl groups excluding tert-OH is 1. The van der Waals surface area contributed by atoms with Gasteiger partial charge in [0.05, 0.1) is 0 Å². The van der Waals surface area contributed by atoms with Gasteiger partial charge in [0.15, 0.2) is 5.69 Å². The molecule has 6 nitrogen and oxygen atoms in total. The first-order valence-corrected chi connectivity index (χ1v) is 5.64. The van der Waals surface area contributed by atoms with Crippen LogP contribution in [0.4, 0.5) is 0 Å². The summed E-state index contributed by atoms with van der Waals surface area (Å²) in [6, 6.07) is 9.94. The van der Waals surface area contributed by atoms with Crippen LogP contribution in [0, 0.1) is 0 Å². The Hall–Kier alpha value is -2.47. The van der Waals surface area contributed by atoms with Gasteiger partial charge >= 0.3 is 5.97 Å². The Balaban J connectivity index is 2.06. The summed E-state index contributed by atoms with van der Waals surface area (Å²) in [6.45, 7) is 0.0995. The van der Waals surface area contributed by atoms with Crippen molar-refractivity contribution < 1.29 is 19.7 Å². The van der Waals surface area contributed by atoms with Crippen LogP contribution in [0.2, 0.25) is 0 Å². The zero-order valence-corrected chi connectivity index (χ0v) is 9.98. The van der Waals surface area contributed by atoms with Crippen molar-refractivity contribution in [3.63, 3.8) is 0 Å². The van der Waals surface area contributed by atoms with E-state index in [9.17, 15) is 4.79 Å². The Kier molecular flexibility index (Phi) is 4.04. The first kappa shape index (κ1) is 13.0. The van der Waals surface area contributed by atoms with E-state index in [2.05, 4.69) is 10.2 Å². The summed E-state index contributed by atoms with van der Waals surface area (Å²) in [7, 11) is 0. The van der Waals surface area contributed by atoms with Crippen LogP contribution in [0.1, 0.15) is 16.1 Å². The van der Waals surface area contributed by atoms with Crippen molar-refractivity contribution in [2.75, 3.05) is 6.61 Å². The fourth-order valence-electron chi connectivity index (χ4n) is 1.46. The van der Waals surface area contributed by atoms with Crippen molar-refractivity contribution in [1.29, 1.82) is 0 Å². The van der Waals surface area contributed by atoms with Crippen LogP contribution in [0.15, 0.2) is 36.4 Å². The first-order chi connectivity index (χ1) is 9.19. The van der Waals surface area contributed by atoms with Gasteiger partial charge in [-0.05, 0) is 30.2 Å². The molecule has 0 amide bonds. The summed E-state index contributed by atoms with van der Waals surface area (Å²) >= 11 is 0. The lowest BCUT2D eigenvalue weighted by Crippen LogP contribution is -2.02. The SMILES string of the molecule is O=C(O)c1ccc(Oc2ccc(CCO)cc2)nn1. The number of benzene rings is 1. The van der Waals surface area contributed by atoms with E-state index in [1.54, 1.807) is 12.1 Å². The number of nitrogens with zero attached hydrogens (tertiary/aromatic N) is 2. The minimum Gasteiger partial charge on any atom is -0.476 e. The molecule has 0 atom stereocenters. The Bertz CT molecular complexity index is 552. The second kappa shape index (κ2) is 5.92. The van der Waals surface area contributed by atoms with Crippen LogP contribution < -0.4 is 4.74 Å². The number of aromatic carboxylic acids is 1. The average molecular weight is 260 g/mol. The molecule has 1 aromatic carbocycles. The van der Waals surface area contributed by atoms with Crippen molar-refractivity contribution in [2.45, 2.75) is 6.42 Å². The number of hydrogen-bond donors (Lipinski definition) is 2. The van der Waals surface area contributed by atoms with Gasteiger partial charge in [0.2, 0.25) is 5.88 Å². The number of carboxylic acids is 1. The van der Waals surface area contributed by atoms with Gasteiger partial charge in [-0.25, -0.2) is 4.79 Å². The third kappa shape index (κ3) is 3.49. The molecule has 19 heavy (non-hydrogen) atoms. The molecule has 6 heteroatoms. The Morgan fingerprint density at radius 2 is 1.84 bits per heavy atom. The predicted octanol–water partition coefficient (Wildman–Crippen LogP) is 1.50. The predicted molar refractivity (Wildman–Crippen MR) is 66.3 cm³/mol. The molecule has 0 aliphatic heterocycles. The summed E-state index contributed by atoms with van der Waals surface area (Å²) in [6.07, 6.45) is 0.591. The van der Waals surface area contributed by atoms with Crippen molar-refractivity contribution >= 4 is 5.97 Å². The smallest absolute Gasteiger partial charge is 0.356 e.